The molecule has 1 aromatic carbocycles. The number of hydrogen-bond acceptors (Lipinski definition) is 3. The van der Waals surface area contributed by atoms with Gasteiger partial charge >= 0.3 is 0 Å². The third-order valence-electron chi connectivity index (χ3n) is 3.77. The number of hydrogen-bond donors (Lipinski definition) is 2. The van der Waals surface area contributed by atoms with Crippen LogP contribution in [-0.2, 0) is 6.42 Å². The molecular formula is C17H20N4. The van der Waals surface area contributed by atoms with Gasteiger partial charge in [-0.1, -0.05) is 11.6 Å². The topological polar surface area (TPSA) is 53.6 Å². The Labute approximate surface area is 124 Å². The first-order valence-electron chi connectivity index (χ1n) is 7.32. The van der Waals surface area contributed by atoms with E-state index in [1.54, 1.807) is 0 Å². The highest BCUT2D eigenvalue weighted by atomic mass is 15.1. The maximum absolute atomic E-state index is 4.41. The smallest absolute Gasteiger partial charge is 0.0722 e. The molecule has 0 bridgehead atoms. The monoisotopic (exact) mass is 280 g/mol. The molecule has 4 heteroatoms. The first-order valence-corrected chi connectivity index (χ1v) is 7.32. The second kappa shape index (κ2) is 5.95. The molecule has 0 aliphatic heterocycles. The van der Waals surface area contributed by atoms with Crippen molar-refractivity contribution in [2.75, 3.05) is 11.9 Å². The number of nitrogens with one attached hydrogen (secondary N) is 2. The Balaban J connectivity index is 1.65. The molecule has 0 saturated heterocycles. The molecule has 0 radical (unpaired) electrons. The van der Waals surface area contributed by atoms with Crippen LogP contribution in [0.2, 0.25) is 0 Å². The van der Waals surface area contributed by atoms with Crippen molar-refractivity contribution in [2.24, 2.45) is 0 Å². The summed E-state index contributed by atoms with van der Waals surface area (Å²) < 4.78 is 0. The van der Waals surface area contributed by atoms with Crippen molar-refractivity contribution in [2.45, 2.75) is 26.7 Å². The summed E-state index contributed by atoms with van der Waals surface area (Å²) in [6.07, 6.45) is 5.90. The largest absolute Gasteiger partial charge is 0.384 e. The van der Waals surface area contributed by atoms with Gasteiger partial charge < -0.3 is 5.32 Å². The summed E-state index contributed by atoms with van der Waals surface area (Å²) in [5.74, 6) is 0. The van der Waals surface area contributed by atoms with Gasteiger partial charge in [0.15, 0.2) is 0 Å². The van der Waals surface area contributed by atoms with Crippen molar-refractivity contribution >= 4 is 16.6 Å². The lowest BCUT2D eigenvalue weighted by Crippen LogP contribution is -2.04. The summed E-state index contributed by atoms with van der Waals surface area (Å²) >= 11 is 0. The zero-order valence-corrected chi connectivity index (χ0v) is 12.5. The summed E-state index contributed by atoms with van der Waals surface area (Å²) in [4.78, 5) is 4.41. The average molecular weight is 280 g/mol. The minimum absolute atomic E-state index is 0.942. The summed E-state index contributed by atoms with van der Waals surface area (Å²) in [6, 6.07) is 8.40. The van der Waals surface area contributed by atoms with Crippen LogP contribution in [0.3, 0.4) is 0 Å². The molecule has 0 unspecified atom stereocenters. The Morgan fingerprint density at radius 1 is 1.19 bits per heavy atom. The lowest BCUT2D eigenvalue weighted by Gasteiger charge is -2.09. The van der Waals surface area contributed by atoms with Gasteiger partial charge in [-0.3, -0.25) is 10.1 Å². The van der Waals surface area contributed by atoms with E-state index in [4.69, 9.17) is 0 Å². The van der Waals surface area contributed by atoms with Crippen LogP contribution in [0.15, 0.2) is 36.7 Å². The minimum atomic E-state index is 0.942. The highest BCUT2D eigenvalue weighted by Crippen LogP contribution is 2.22. The number of aromatic amines is 1. The van der Waals surface area contributed by atoms with E-state index >= 15 is 0 Å². The molecule has 3 rings (SSSR count). The molecule has 4 nitrogen and oxygen atoms in total. The van der Waals surface area contributed by atoms with Gasteiger partial charge in [-0.15, -0.1) is 0 Å². The number of nitrogens with zero attached hydrogens (tertiary/aromatic N) is 2. The quantitative estimate of drug-likeness (QED) is 0.702. The third kappa shape index (κ3) is 3.05. The van der Waals surface area contributed by atoms with Gasteiger partial charge in [-0.25, -0.2) is 0 Å². The normalized spacial score (nSPS) is 11.0. The second-order valence-electron chi connectivity index (χ2n) is 5.43. The molecule has 0 amide bonds. The molecule has 2 heterocycles. The molecule has 0 saturated carbocycles. The number of benzene rings is 1. The minimum Gasteiger partial charge on any atom is -0.384 e. The van der Waals surface area contributed by atoms with E-state index in [1.165, 1.54) is 22.2 Å². The molecule has 0 fully saturated rings. The average Bonchev–Trinajstić information content (AvgIpc) is 2.89. The number of aryl methyl sites for hydroxylation is 3. The predicted molar refractivity (Wildman–Crippen MR) is 86.6 cm³/mol. The molecule has 0 spiro atoms. The molecular weight excluding hydrogens is 260 g/mol. The predicted octanol–water partition coefficient (Wildman–Crippen LogP) is 3.62. The Bertz CT molecular complexity index is 745. The Morgan fingerprint density at radius 3 is 2.90 bits per heavy atom. The number of fused-ring (bicyclic) bond motifs is 1. The second-order valence-corrected chi connectivity index (χ2v) is 5.43. The number of pyridine rings is 1. The standard InChI is InChI=1S/C17H20N4/c1-12-5-6-16-15(10-12)17(7-9-19-16)18-8-3-4-14-11-20-21-13(14)2/h5-7,9-11H,3-4,8H2,1-2H3,(H,18,19)(H,20,21). The molecule has 0 aliphatic carbocycles. The highest BCUT2D eigenvalue weighted by molar-refractivity contribution is 5.91. The zero-order valence-electron chi connectivity index (χ0n) is 12.5. The van der Waals surface area contributed by atoms with Crippen molar-refractivity contribution in [1.82, 2.24) is 15.2 Å². The van der Waals surface area contributed by atoms with Crippen molar-refractivity contribution < 1.29 is 0 Å². The van der Waals surface area contributed by atoms with Crippen molar-refractivity contribution in [1.29, 1.82) is 0 Å². The molecule has 2 N–H and O–H groups in total. The van der Waals surface area contributed by atoms with Crippen LogP contribution >= 0.6 is 0 Å². The maximum Gasteiger partial charge on any atom is 0.0722 e. The highest BCUT2D eigenvalue weighted by Gasteiger charge is 2.03. The van der Waals surface area contributed by atoms with E-state index in [9.17, 15) is 0 Å². The lowest BCUT2D eigenvalue weighted by molar-refractivity contribution is 0.858. The van der Waals surface area contributed by atoms with E-state index in [1.807, 2.05) is 18.5 Å². The first kappa shape index (κ1) is 13.6. The molecule has 21 heavy (non-hydrogen) atoms. The fourth-order valence-electron chi connectivity index (χ4n) is 2.54. The van der Waals surface area contributed by atoms with Crippen LogP contribution in [0, 0.1) is 13.8 Å². The van der Waals surface area contributed by atoms with Crippen LogP contribution in [0.25, 0.3) is 10.9 Å². The van der Waals surface area contributed by atoms with E-state index in [2.05, 4.69) is 52.5 Å². The van der Waals surface area contributed by atoms with Crippen LogP contribution < -0.4 is 5.32 Å². The SMILES string of the molecule is Cc1ccc2nccc(NCCCc3cn[nH]c3C)c2c1. The summed E-state index contributed by atoms with van der Waals surface area (Å²) in [5.41, 5.74) is 5.92. The van der Waals surface area contributed by atoms with E-state index < -0.39 is 0 Å². The first-order chi connectivity index (χ1) is 10.2. The Kier molecular flexibility index (Phi) is 3.86. The van der Waals surface area contributed by atoms with Gasteiger partial charge in [0.2, 0.25) is 0 Å². The van der Waals surface area contributed by atoms with E-state index in [0.29, 0.717) is 0 Å². The van der Waals surface area contributed by atoms with Gasteiger partial charge in [-0.05, 0) is 50.5 Å². The van der Waals surface area contributed by atoms with Crippen molar-refractivity contribution in [3.63, 3.8) is 0 Å². The lowest BCUT2D eigenvalue weighted by atomic mass is 10.1. The summed E-state index contributed by atoms with van der Waals surface area (Å²) in [7, 11) is 0. The Morgan fingerprint density at radius 2 is 2.10 bits per heavy atom. The molecule has 0 atom stereocenters. The van der Waals surface area contributed by atoms with Gasteiger partial charge in [0.05, 0.1) is 11.7 Å². The van der Waals surface area contributed by atoms with Crippen LogP contribution in [-0.4, -0.2) is 21.7 Å². The van der Waals surface area contributed by atoms with Gasteiger partial charge in [0.25, 0.3) is 0 Å². The fourth-order valence-corrected chi connectivity index (χ4v) is 2.54. The summed E-state index contributed by atoms with van der Waals surface area (Å²) in [5, 5.41) is 11.8. The van der Waals surface area contributed by atoms with Crippen LogP contribution in [0.1, 0.15) is 23.2 Å². The number of aromatic nitrogens is 3. The Hall–Kier alpha value is -2.36. The molecule has 2 aromatic heterocycles. The van der Waals surface area contributed by atoms with E-state index in [-0.39, 0.29) is 0 Å². The fraction of sp³-hybridized carbons (Fsp3) is 0.294. The van der Waals surface area contributed by atoms with Gasteiger partial charge in [0.1, 0.15) is 0 Å². The molecule has 3 aromatic rings. The number of H-pyrrole nitrogens is 1. The summed E-state index contributed by atoms with van der Waals surface area (Å²) in [6.45, 7) is 5.12. The van der Waals surface area contributed by atoms with Crippen molar-refractivity contribution in [3.8, 4) is 0 Å². The maximum atomic E-state index is 4.41. The molecule has 108 valence electrons. The third-order valence-corrected chi connectivity index (χ3v) is 3.77. The van der Waals surface area contributed by atoms with Gasteiger partial charge in [0, 0.05) is 29.5 Å². The van der Waals surface area contributed by atoms with Crippen LogP contribution in [0.4, 0.5) is 5.69 Å². The van der Waals surface area contributed by atoms with E-state index in [0.717, 1.165) is 30.6 Å². The zero-order chi connectivity index (χ0) is 14.7. The molecule has 0 aliphatic rings. The number of rotatable bonds is 5. The van der Waals surface area contributed by atoms with Crippen LogP contribution in [0.5, 0.6) is 0 Å². The van der Waals surface area contributed by atoms with Crippen molar-refractivity contribution in [3.05, 3.63) is 53.5 Å². The number of anilines is 1. The van der Waals surface area contributed by atoms with Gasteiger partial charge in [-0.2, -0.15) is 5.10 Å².